The van der Waals surface area contributed by atoms with Gasteiger partial charge in [0, 0.05) is 11.5 Å². The van der Waals surface area contributed by atoms with Gasteiger partial charge in [-0.05, 0) is 49.3 Å². The number of halogens is 2. The summed E-state index contributed by atoms with van der Waals surface area (Å²) < 4.78 is 18.5. The van der Waals surface area contributed by atoms with Crippen LogP contribution in [-0.4, -0.2) is 5.16 Å². The molecular weight excluding hydrogens is 291 g/mol. The highest BCUT2D eigenvalue weighted by Crippen LogP contribution is 2.55. The third-order valence-electron chi connectivity index (χ3n) is 5.03. The SMILES string of the molecule is Nc1onc(C2CC3CCC2C3)c1-c1ccc(F)cc1Cl. The minimum absolute atomic E-state index is 0.265. The normalized spacial score (nSPS) is 27.4. The Kier molecular flexibility index (Phi) is 2.96. The number of nitrogens with zero attached hydrogens (tertiary/aromatic N) is 1. The largest absolute Gasteiger partial charge is 0.367 e. The molecule has 2 aromatic rings. The second-order valence-electron chi connectivity index (χ2n) is 6.21. The highest BCUT2D eigenvalue weighted by Gasteiger charge is 2.43. The van der Waals surface area contributed by atoms with Gasteiger partial charge in [-0.3, -0.25) is 0 Å². The molecule has 5 heteroatoms. The van der Waals surface area contributed by atoms with Gasteiger partial charge in [-0.1, -0.05) is 23.2 Å². The quantitative estimate of drug-likeness (QED) is 0.880. The molecule has 3 unspecified atom stereocenters. The van der Waals surface area contributed by atoms with Crippen LogP contribution < -0.4 is 5.73 Å². The van der Waals surface area contributed by atoms with Gasteiger partial charge in [0.15, 0.2) is 0 Å². The Morgan fingerprint density at radius 1 is 1.29 bits per heavy atom. The summed E-state index contributed by atoms with van der Waals surface area (Å²) in [5.74, 6) is 1.76. The fourth-order valence-electron chi connectivity index (χ4n) is 4.11. The lowest BCUT2D eigenvalue weighted by molar-refractivity contribution is 0.375. The van der Waals surface area contributed by atoms with Crippen LogP contribution in [-0.2, 0) is 0 Å². The van der Waals surface area contributed by atoms with Crippen molar-refractivity contribution in [3.05, 3.63) is 34.7 Å². The summed E-state index contributed by atoms with van der Waals surface area (Å²) in [6, 6.07) is 4.34. The molecule has 0 aliphatic heterocycles. The van der Waals surface area contributed by atoms with E-state index in [0.717, 1.165) is 23.6 Å². The van der Waals surface area contributed by atoms with Gasteiger partial charge in [-0.15, -0.1) is 0 Å². The number of nitrogen functional groups attached to an aromatic ring is 1. The smallest absolute Gasteiger partial charge is 0.230 e. The molecule has 1 aromatic carbocycles. The molecule has 3 nitrogen and oxygen atoms in total. The first-order valence-electron chi connectivity index (χ1n) is 7.34. The summed E-state index contributed by atoms with van der Waals surface area (Å²) in [5, 5.41) is 4.55. The van der Waals surface area contributed by atoms with Crippen LogP contribution in [0.1, 0.15) is 37.3 Å². The average molecular weight is 307 g/mol. The van der Waals surface area contributed by atoms with E-state index in [9.17, 15) is 4.39 Å². The molecule has 0 spiro atoms. The number of hydrogen-bond acceptors (Lipinski definition) is 3. The van der Waals surface area contributed by atoms with Gasteiger partial charge in [-0.25, -0.2) is 4.39 Å². The van der Waals surface area contributed by atoms with Crippen molar-refractivity contribution in [1.82, 2.24) is 5.16 Å². The van der Waals surface area contributed by atoms with Crippen LogP contribution in [0.3, 0.4) is 0 Å². The molecule has 1 heterocycles. The zero-order chi connectivity index (χ0) is 14.6. The van der Waals surface area contributed by atoms with Crippen LogP contribution in [0, 0.1) is 17.7 Å². The second kappa shape index (κ2) is 4.73. The number of rotatable bonds is 2. The average Bonchev–Trinajstić information content (AvgIpc) is 3.14. The monoisotopic (exact) mass is 306 g/mol. The lowest BCUT2D eigenvalue weighted by Crippen LogP contribution is -2.10. The third-order valence-corrected chi connectivity index (χ3v) is 5.35. The molecule has 2 aliphatic rings. The Morgan fingerprint density at radius 2 is 2.14 bits per heavy atom. The number of anilines is 1. The summed E-state index contributed by atoms with van der Waals surface area (Å²) in [6.07, 6.45) is 4.98. The maximum atomic E-state index is 13.3. The van der Waals surface area contributed by atoms with E-state index in [1.54, 1.807) is 6.07 Å². The van der Waals surface area contributed by atoms with E-state index in [2.05, 4.69) is 5.16 Å². The molecule has 2 saturated carbocycles. The van der Waals surface area contributed by atoms with Crippen LogP contribution in [0.15, 0.2) is 22.7 Å². The molecular formula is C16H16ClFN2O. The van der Waals surface area contributed by atoms with Crippen LogP contribution in [0.2, 0.25) is 5.02 Å². The zero-order valence-corrected chi connectivity index (χ0v) is 12.2. The van der Waals surface area contributed by atoms with Crippen molar-refractivity contribution in [3.63, 3.8) is 0 Å². The van der Waals surface area contributed by atoms with Crippen LogP contribution in [0.5, 0.6) is 0 Å². The van der Waals surface area contributed by atoms with Crippen molar-refractivity contribution < 1.29 is 8.91 Å². The van der Waals surface area contributed by atoms with Gasteiger partial charge in [-0.2, -0.15) is 0 Å². The second-order valence-corrected chi connectivity index (χ2v) is 6.62. The lowest BCUT2D eigenvalue weighted by Gasteiger charge is -2.20. The molecule has 0 radical (unpaired) electrons. The molecule has 3 atom stereocenters. The first-order chi connectivity index (χ1) is 10.1. The molecule has 4 rings (SSSR count). The van der Waals surface area contributed by atoms with Crippen LogP contribution in [0.25, 0.3) is 11.1 Å². The van der Waals surface area contributed by atoms with Crippen molar-refractivity contribution in [2.24, 2.45) is 11.8 Å². The Bertz CT molecular complexity index is 700. The van der Waals surface area contributed by atoms with E-state index >= 15 is 0 Å². The molecule has 2 aliphatic carbocycles. The minimum Gasteiger partial charge on any atom is -0.367 e. The maximum absolute atomic E-state index is 13.3. The van der Waals surface area contributed by atoms with Gasteiger partial charge in [0.2, 0.25) is 5.88 Å². The van der Waals surface area contributed by atoms with Crippen molar-refractivity contribution in [2.75, 3.05) is 5.73 Å². The number of nitrogens with two attached hydrogens (primary N) is 1. The van der Waals surface area contributed by atoms with E-state index in [-0.39, 0.29) is 11.7 Å². The topological polar surface area (TPSA) is 52.0 Å². The summed E-state index contributed by atoms with van der Waals surface area (Å²) in [4.78, 5) is 0. The Hall–Kier alpha value is -1.55. The molecule has 2 N–H and O–H groups in total. The highest BCUT2D eigenvalue weighted by atomic mass is 35.5. The van der Waals surface area contributed by atoms with Crippen molar-refractivity contribution >= 4 is 17.5 Å². The first-order valence-corrected chi connectivity index (χ1v) is 7.71. The number of fused-ring (bicyclic) bond motifs is 2. The first kappa shape index (κ1) is 13.1. The van der Waals surface area contributed by atoms with Gasteiger partial charge >= 0.3 is 0 Å². The molecule has 1 aromatic heterocycles. The number of hydrogen-bond donors (Lipinski definition) is 1. The zero-order valence-electron chi connectivity index (χ0n) is 11.5. The number of benzene rings is 1. The fraction of sp³-hybridized carbons (Fsp3) is 0.438. The van der Waals surface area contributed by atoms with Crippen molar-refractivity contribution in [3.8, 4) is 11.1 Å². The summed E-state index contributed by atoms with van der Waals surface area (Å²) in [6.45, 7) is 0. The maximum Gasteiger partial charge on any atom is 0.230 e. The molecule has 21 heavy (non-hydrogen) atoms. The van der Waals surface area contributed by atoms with E-state index in [1.807, 2.05) is 0 Å². The molecule has 110 valence electrons. The van der Waals surface area contributed by atoms with Crippen LogP contribution in [0.4, 0.5) is 10.3 Å². The summed E-state index contributed by atoms with van der Waals surface area (Å²) in [5.41, 5.74) is 8.31. The van der Waals surface area contributed by atoms with Gasteiger partial charge in [0.25, 0.3) is 0 Å². The van der Waals surface area contributed by atoms with Gasteiger partial charge in [0.1, 0.15) is 5.82 Å². The fourth-order valence-corrected chi connectivity index (χ4v) is 4.37. The Morgan fingerprint density at radius 3 is 2.81 bits per heavy atom. The molecule has 2 bridgehead atoms. The predicted molar refractivity (Wildman–Crippen MR) is 79.5 cm³/mol. The van der Waals surface area contributed by atoms with Crippen LogP contribution >= 0.6 is 11.6 Å². The van der Waals surface area contributed by atoms with E-state index in [0.29, 0.717) is 22.4 Å². The predicted octanol–water partition coefficient (Wildman–Crippen LogP) is 4.62. The van der Waals surface area contributed by atoms with Gasteiger partial charge < -0.3 is 10.3 Å². The Balaban J connectivity index is 1.80. The summed E-state index contributed by atoms with van der Waals surface area (Å²) in [7, 11) is 0. The van der Waals surface area contributed by atoms with Crippen molar-refractivity contribution in [2.45, 2.75) is 31.6 Å². The van der Waals surface area contributed by atoms with Crippen molar-refractivity contribution in [1.29, 1.82) is 0 Å². The minimum atomic E-state index is -0.361. The number of aromatic nitrogens is 1. The third kappa shape index (κ3) is 2.04. The highest BCUT2D eigenvalue weighted by molar-refractivity contribution is 6.33. The summed E-state index contributed by atoms with van der Waals surface area (Å²) >= 11 is 6.19. The van der Waals surface area contributed by atoms with E-state index < -0.39 is 0 Å². The molecule has 2 fully saturated rings. The standard InChI is InChI=1S/C16H16ClFN2O/c17-13-7-10(18)3-4-11(13)14-15(20-21-16(14)19)12-6-8-1-2-9(12)5-8/h3-4,7-9,12H,1-2,5-6,19H2. The van der Waals surface area contributed by atoms with E-state index in [1.165, 1.54) is 31.4 Å². The van der Waals surface area contributed by atoms with E-state index in [4.69, 9.17) is 21.9 Å². The van der Waals surface area contributed by atoms with Gasteiger partial charge in [0.05, 0.1) is 16.3 Å². The molecule has 0 amide bonds. The lowest BCUT2D eigenvalue weighted by atomic mass is 9.84. The molecule has 0 saturated heterocycles. The Labute approximate surface area is 127 Å².